The van der Waals surface area contributed by atoms with Crippen LogP contribution in [-0.2, 0) is 11.3 Å². The highest BCUT2D eigenvalue weighted by molar-refractivity contribution is 8.00. The molecule has 0 fully saturated rings. The Morgan fingerprint density at radius 2 is 1.97 bits per heavy atom. The number of amides is 1. The molecule has 0 aliphatic carbocycles. The van der Waals surface area contributed by atoms with Gasteiger partial charge in [0, 0.05) is 23.7 Å². The van der Waals surface area contributed by atoms with E-state index < -0.39 is 0 Å². The molecule has 0 radical (unpaired) electrons. The number of methoxy groups -OCH3 is 2. The van der Waals surface area contributed by atoms with E-state index in [1.807, 2.05) is 35.1 Å². The van der Waals surface area contributed by atoms with Crippen molar-refractivity contribution >= 4 is 34.1 Å². The maximum atomic E-state index is 12.5. The highest BCUT2D eigenvalue weighted by Crippen LogP contribution is 2.34. The highest BCUT2D eigenvalue weighted by atomic mass is 32.2. The van der Waals surface area contributed by atoms with Gasteiger partial charge in [0.1, 0.15) is 0 Å². The lowest BCUT2D eigenvalue weighted by atomic mass is 10.1. The summed E-state index contributed by atoms with van der Waals surface area (Å²) in [5.41, 5.74) is 0.868. The number of thioether (sulfide) groups is 1. The number of hydrogen-bond acceptors (Lipinski definition) is 8. The van der Waals surface area contributed by atoms with Crippen molar-refractivity contribution < 1.29 is 14.3 Å². The fraction of sp³-hybridized carbons (Fsp3) is 0.400. The van der Waals surface area contributed by atoms with E-state index >= 15 is 0 Å². The molecule has 1 amide bonds. The van der Waals surface area contributed by atoms with Crippen LogP contribution in [0.3, 0.4) is 0 Å². The zero-order chi connectivity index (χ0) is 21.7. The molecule has 0 aliphatic heterocycles. The fourth-order valence-corrected chi connectivity index (χ4v) is 4.19. The molecule has 0 unspecified atom stereocenters. The topological polar surface area (TPSA) is 91.2 Å². The van der Waals surface area contributed by atoms with Gasteiger partial charge in [-0.1, -0.05) is 25.6 Å². The number of thiazole rings is 1. The van der Waals surface area contributed by atoms with Crippen LogP contribution in [0.1, 0.15) is 20.8 Å². The van der Waals surface area contributed by atoms with E-state index in [9.17, 15) is 4.79 Å². The van der Waals surface area contributed by atoms with E-state index in [1.54, 1.807) is 20.4 Å². The number of ether oxygens (including phenoxy) is 2. The van der Waals surface area contributed by atoms with Crippen molar-refractivity contribution in [2.45, 2.75) is 37.7 Å². The fourth-order valence-electron chi connectivity index (χ4n) is 2.80. The molecule has 2 aromatic heterocycles. The minimum Gasteiger partial charge on any atom is -0.493 e. The summed E-state index contributed by atoms with van der Waals surface area (Å²) in [6.07, 6.45) is 1.66. The minimum atomic E-state index is -0.359. The summed E-state index contributed by atoms with van der Waals surface area (Å²) < 4.78 is 12.8. The molecule has 3 rings (SSSR count). The number of nitrogens with one attached hydrogen (secondary N) is 1. The van der Waals surface area contributed by atoms with E-state index in [0.717, 1.165) is 17.9 Å². The van der Waals surface area contributed by atoms with Crippen LogP contribution in [0.15, 0.2) is 34.9 Å². The van der Waals surface area contributed by atoms with Gasteiger partial charge in [0.05, 0.1) is 19.5 Å². The average Bonchev–Trinajstić information content (AvgIpc) is 3.37. The van der Waals surface area contributed by atoms with Crippen LogP contribution in [0.2, 0.25) is 0 Å². The first-order valence-corrected chi connectivity index (χ1v) is 11.2. The Morgan fingerprint density at radius 1 is 1.20 bits per heavy atom. The van der Waals surface area contributed by atoms with Crippen molar-refractivity contribution in [3.63, 3.8) is 0 Å². The predicted molar refractivity (Wildman–Crippen MR) is 119 cm³/mol. The molecular weight excluding hydrogens is 422 g/mol. The van der Waals surface area contributed by atoms with Gasteiger partial charge in [-0.05, 0) is 31.0 Å². The van der Waals surface area contributed by atoms with Gasteiger partial charge < -0.3 is 19.4 Å². The van der Waals surface area contributed by atoms with Crippen molar-refractivity contribution in [3.8, 4) is 22.9 Å². The Kier molecular flexibility index (Phi) is 7.33. The first-order valence-electron chi connectivity index (χ1n) is 9.45. The average molecular weight is 448 g/mol. The zero-order valence-electron chi connectivity index (χ0n) is 17.6. The lowest BCUT2D eigenvalue weighted by Crippen LogP contribution is -2.23. The van der Waals surface area contributed by atoms with Gasteiger partial charge in [-0.2, -0.15) is 0 Å². The Hall–Kier alpha value is -2.59. The van der Waals surface area contributed by atoms with Gasteiger partial charge in [0.15, 0.2) is 27.6 Å². The summed E-state index contributed by atoms with van der Waals surface area (Å²) >= 11 is 2.76. The van der Waals surface area contributed by atoms with E-state index in [0.29, 0.717) is 27.7 Å². The van der Waals surface area contributed by atoms with Gasteiger partial charge in [-0.3, -0.25) is 4.79 Å². The number of anilines is 1. The normalized spacial score (nSPS) is 12.1. The van der Waals surface area contributed by atoms with Crippen molar-refractivity contribution in [1.82, 2.24) is 19.7 Å². The molecule has 3 aromatic rings. The molecule has 160 valence electrons. The van der Waals surface area contributed by atoms with Crippen molar-refractivity contribution in [2.75, 3.05) is 19.5 Å². The summed E-state index contributed by atoms with van der Waals surface area (Å²) in [5, 5.41) is 14.4. The molecule has 1 atom stereocenters. The third kappa shape index (κ3) is 5.11. The molecule has 8 nitrogen and oxygen atoms in total. The summed E-state index contributed by atoms with van der Waals surface area (Å²) in [6.45, 7) is 6.83. The maximum Gasteiger partial charge on any atom is 0.239 e. The molecule has 2 heterocycles. The zero-order valence-corrected chi connectivity index (χ0v) is 19.2. The lowest BCUT2D eigenvalue weighted by Gasteiger charge is -2.15. The van der Waals surface area contributed by atoms with Crippen LogP contribution in [0.5, 0.6) is 11.5 Å². The van der Waals surface area contributed by atoms with Gasteiger partial charge in [-0.25, -0.2) is 4.98 Å². The molecular formula is C20H25N5O3S2. The van der Waals surface area contributed by atoms with Crippen LogP contribution in [0.4, 0.5) is 5.13 Å². The smallest absolute Gasteiger partial charge is 0.239 e. The second-order valence-electron chi connectivity index (χ2n) is 6.97. The number of nitrogens with zero attached hydrogens (tertiary/aromatic N) is 4. The quantitative estimate of drug-likeness (QED) is 0.492. The summed E-state index contributed by atoms with van der Waals surface area (Å²) in [7, 11) is 3.20. The number of benzene rings is 1. The molecule has 0 saturated carbocycles. The van der Waals surface area contributed by atoms with E-state index in [1.165, 1.54) is 23.1 Å². The van der Waals surface area contributed by atoms with Crippen molar-refractivity contribution in [2.24, 2.45) is 5.92 Å². The van der Waals surface area contributed by atoms with Gasteiger partial charge in [0.2, 0.25) is 5.91 Å². The summed E-state index contributed by atoms with van der Waals surface area (Å²) in [5.74, 6) is 2.25. The summed E-state index contributed by atoms with van der Waals surface area (Å²) in [4.78, 5) is 16.6. The van der Waals surface area contributed by atoms with Crippen LogP contribution in [-0.4, -0.2) is 45.1 Å². The number of hydrogen-bond donors (Lipinski definition) is 1. The molecule has 0 aliphatic rings. The molecule has 1 N–H and O–H groups in total. The van der Waals surface area contributed by atoms with Gasteiger partial charge in [-0.15, -0.1) is 21.5 Å². The summed E-state index contributed by atoms with van der Waals surface area (Å²) in [6, 6.07) is 5.65. The van der Waals surface area contributed by atoms with E-state index in [2.05, 4.69) is 34.3 Å². The van der Waals surface area contributed by atoms with E-state index in [4.69, 9.17) is 9.47 Å². The Balaban J connectivity index is 1.87. The number of aromatic nitrogens is 4. The Bertz CT molecular complexity index is 989. The Morgan fingerprint density at radius 3 is 2.60 bits per heavy atom. The third-order valence-corrected chi connectivity index (χ3v) is 5.99. The number of carbonyl (C=O) groups excluding carboxylic acids is 1. The number of rotatable bonds is 9. The predicted octanol–water partition coefficient (Wildman–Crippen LogP) is 4.19. The van der Waals surface area contributed by atoms with E-state index in [-0.39, 0.29) is 11.2 Å². The second kappa shape index (κ2) is 9.94. The SMILES string of the molecule is COc1ccc(-c2nnc(S[C@@H](C)C(=O)Nc3nccs3)n2CC(C)C)cc1OC. The lowest BCUT2D eigenvalue weighted by molar-refractivity contribution is -0.115. The number of carbonyl (C=O) groups is 1. The van der Waals surface area contributed by atoms with Crippen molar-refractivity contribution in [1.29, 1.82) is 0 Å². The van der Waals surface area contributed by atoms with Crippen LogP contribution in [0.25, 0.3) is 11.4 Å². The molecule has 30 heavy (non-hydrogen) atoms. The third-order valence-electron chi connectivity index (χ3n) is 4.22. The molecule has 0 saturated heterocycles. The Labute approximate surface area is 184 Å². The van der Waals surface area contributed by atoms with Gasteiger partial charge in [0.25, 0.3) is 0 Å². The van der Waals surface area contributed by atoms with Crippen LogP contribution < -0.4 is 14.8 Å². The second-order valence-corrected chi connectivity index (χ2v) is 9.17. The van der Waals surface area contributed by atoms with Crippen molar-refractivity contribution in [3.05, 3.63) is 29.8 Å². The molecule has 1 aromatic carbocycles. The highest BCUT2D eigenvalue weighted by Gasteiger charge is 2.22. The molecule has 10 heteroatoms. The first kappa shape index (κ1) is 22.1. The van der Waals surface area contributed by atoms with Crippen LogP contribution in [0, 0.1) is 5.92 Å². The largest absolute Gasteiger partial charge is 0.493 e. The molecule has 0 bridgehead atoms. The minimum absolute atomic E-state index is 0.123. The standard InChI is InChI=1S/C20H25N5O3S2/c1-12(2)11-25-17(14-6-7-15(27-4)16(10-14)28-5)23-24-20(25)30-13(3)18(26)22-19-21-8-9-29-19/h6-10,12-13H,11H2,1-5H3,(H,21,22,26)/t13-/m0/s1. The van der Waals surface area contributed by atoms with Crippen LogP contribution >= 0.6 is 23.1 Å². The maximum absolute atomic E-state index is 12.5. The first-order chi connectivity index (χ1) is 14.4. The van der Waals surface area contributed by atoms with Gasteiger partial charge >= 0.3 is 0 Å². The molecule has 0 spiro atoms. The monoisotopic (exact) mass is 447 g/mol.